The minimum absolute atomic E-state index is 0.0615. The van der Waals surface area contributed by atoms with Gasteiger partial charge in [0.05, 0.1) is 17.6 Å². The lowest BCUT2D eigenvalue weighted by molar-refractivity contribution is -0.144. The van der Waals surface area contributed by atoms with Crippen molar-refractivity contribution in [1.29, 1.82) is 0 Å². The monoisotopic (exact) mass is 361 g/mol. The van der Waals surface area contributed by atoms with E-state index in [0.29, 0.717) is 19.3 Å². The molecule has 1 radical (unpaired) electrons. The van der Waals surface area contributed by atoms with Crippen molar-refractivity contribution in [2.75, 3.05) is 0 Å². The number of carbonyl (C=O) groups is 2. The maximum absolute atomic E-state index is 12.0. The Balaban J connectivity index is 1.97. The lowest BCUT2D eigenvalue weighted by Gasteiger charge is -2.44. The summed E-state index contributed by atoms with van der Waals surface area (Å²) in [6, 6.07) is 9.66. The molecule has 1 aliphatic rings. The Labute approximate surface area is 154 Å². The Hall–Kier alpha value is -1.92. The molecule has 6 nitrogen and oxygen atoms in total. The fraction of sp³-hybridized carbons (Fsp3) is 0.550. The molecule has 6 N–H and O–H groups in total. The molecule has 1 aliphatic carbocycles. The van der Waals surface area contributed by atoms with Gasteiger partial charge in [-0.15, -0.1) is 0 Å². The van der Waals surface area contributed by atoms with Gasteiger partial charge in [0.1, 0.15) is 0 Å². The van der Waals surface area contributed by atoms with Crippen LogP contribution in [0.4, 0.5) is 0 Å². The van der Waals surface area contributed by atoms with Crippen molar-refractivity contribution in [3.63, 3.8) is 0 Å². The van der Waals surface area contributed by atoms with E-state index >= 15 is 0 Å². The maximum atomic E-state index is 12.0. The van der Waals surface area contributed by atoms with Crippen LogP contribution in [0.2, 0.25) is 0 Å². The summed E-state index contributed by atoms with van der Waals surface area (Å²) in [4.78, 5) is 23.5. The fourth-order valence-corrected chi connectivity index (χ4v) is 3.65. The Kier molecular flexibility index (Phi) is 6.42. The minimum Gasteiger partial charge on any atom is -0.393 e. The lowest BCUT2D eigenvalue weighted by atomic mass is 9.64. The highest BCUT2D eigenvalue weighted by Crippen LogP contribution is 2.44. The van der Waals surface area contributed by atoms with E-state index in [4.69, 9.17) is 11.5 Å². The summed E-state index contributed by atoms with van der Waals surface area (Å²) in [5.41, 5.74) is 10.0. The van der Waals surface area contributed by atoms with E-state index < -0.39 is 34.9 Å². The summed E-state index contributed by atoms with van der Waals surface area (Å²) in [5.74, 6) is -1.91. The highest BCUT2D eigenvalue weighted by Gasteiger charge is 2.48. The van der Waals surface area contributed by atoms with Crippen molar-refractivity contribution in [3.05, 3.63) is 42.3 Å². The molecule has 0 unspecified atom stereocenters. The van der Waals surface area contributed by atoms with E-state index in [1.165, 1.54) is 0 Å². The van der Waals surface area contributed by atoms with E-state index in [-0.39, 0.29) is 19.3 Å². The van der Waals surface area contributed by atoms with Gasteiger partial charge in [-0.1, -0.05) is 37.3 Å². The van der Waals surface area contributed by atoms with Crippen LogP contribution in [0.5, 0.6) is 0 Å². The first-order valence-electron chi connectivity index (χ1n) is 9.03. The van der Waals surface area contributed by atoms with Crippen LogP contribution in [0, 0.1) is 17.8 Å². The van der Waals surface area contributed by atoms with E-state index in [1.54, 1.807) is 13.3 Å². The van der Waals surface area contributed by atoms with E-state index in [2.05, 4.69) is 0 Å². The first-order chi connectivity index (χ1) is 12.2. The molecule has 1 saturated carbocycles. The Morgan fingerprint density at radius 3 is 2.23 bits per heavy atom. The van der Waals surface area contributed by atoms with Crippen molar-refractivity contribution in [3.8, 4) is 0 Å². The minimum atomic E-state index is -1.32. The van der Waals surface area contributed by atoms with Crippen LogP contribution in [0.15, 0.2) is 30.3 Å². The number of primary amides is 2. The molecular formula is C20H29N2O4. The lowest BCUT2D eigenvalue weighted by Crippen LogP contribution is -2.52. The van der Waals surface area contributed by atoms with Crippen LogP contribution in [-0.4, -0.2) is 33.7 Å². The van der Waals surface area contributed by atoms with Crippen molar-refractivity contribution in [1.82, 2.24) is 0 Å². The predicted molar refractivity (Wildman–Crippen MR) is 98.5 cm³/mol. The molecule has 0 heterocycles. The van der Waals surface area contributed by atoms with Crippen LogP contribution in [0.25, 0.3) is 0 Å². The molecule has 0 saturated heterocycles. The number of amides is 2. The molecule has 0 aromatic heterocycles. The second-order valence-corrected chi connectivity index (χ2v) is 7.71. The topological polar surface area (TPSA) is 127 Å². The van der Waals surface area contributed by atoms with Gasteiger partial charge in [-0.3, -0.25) is 9.59 Å². The summed E-state index contributed by atoms with van der Waals surface area (Å²) in [7, 11) is 0. The second-order valence-electron chi connectivity index (χ2n) is 7.71. The smallest absolute Gasteiger partial charge is 0.223 e. The van der Waals surface area contributed by atoms with E-state index in [1.807, 2.05) is 30.3 Å². The van der Waals surface area contributed by atoms with Crippen molar-refractivity contribution in [2.24, 2.45) is 22.8 Å². The van der Waals surface area contributed by atoms with Crippen LogP contribution in [0.1, 0.15) is 44.6 Å². The maximum Gasteiger partial charge on any atom is 0.223 e. The number of hydrogen-bond donors (Lipinski definition) is 4. The molecule has 1 fully saturated rings. The summed E-state index contributed by atoms with van der Waals surface area (Å²) in [5, 5.41) is 21.3. The molecule has 0 aliphatic heterocycles. The number of benzene rings is 1. The first kappa shape index (κ1) is 20.4. The molecule has 26 heavy (non-hydrogen) atoms. The molecule has 6 heteroatoms. The van der Waals surface area contributed by atoms with Gasteiger partial charge in [0.15, 0.2) is 0 Å². The van der Waals surface area contributed by atoms with Crippen molar-refractivity contribution < 1.29 is 19.8 Å². The number of nitrogens with two attached hydrogens (primary N) is 2. The second kappa shape index (κ2) is 8.18. The zero-order valence-corrected chi connectivity index (χ0v) is 15.2. The van der Waals surface area contributed by atoms with Gasteiger partial charge in [0.25, 0.3) is 0 Å². The van der Waals surface area contributed by atoms with Crippen LogP contribution < -0.4 is 11.5 Å². The van der Waals surface area contributed by atoms with Gasteiger partial charge in [0.2, 0.25) is 11.8 Å². The summed E-state index contributed by atoms with van der Waals surface area (Å²) < 4.78 is 0. The van der Waals surface area contributed by atoms with Gasteiger partial charge in [-0.2, -0.15) is 0 Å². The quantitative estimate of drug-likeness (QED) is 0.552. The molecule has 1 aromatic rings. The summed E-state index contributed by atoms with van der Waals surface area (Å²) in [6.07, 6.45) is 2.78. The highest BCUT2D eigenvalue weighted by molar-refractivity contribution is 5.81. The normalized spacial score (nSPS) is 28.3. The average Bonchev–Trinajstić information content (AvgIpc) is 2.61. The van der Waals surface area contributed by atoms with Crippen molar-refractivity contribution >= 4 is 11.8 Å². The zero-order chi connectivity index (χ0) is 19.4. The van der Waals surface area contributed by atoms with Gasteiger partial charge in [0, 0.05) is 5.41 Å². The van der Waals surface area contributed by atoms with E-state index in [0.717, 1.165) is 5.56 Å². The molecule has 2 rings (SSSR count). The molecular weight excluding hydrogens is 332 g/mol. The predicted octanol–water partition coefficient (Wildman–Crippen LogP) is 1.08. The van der Waals surface area contributed by atoms with Gasteiger partial charge < -0.3 is 21.7 Å². The summed E-state index contributed by atoms with van der Waals surface area (Å²) in [6.45, 7) is 1.77. The SMILES string of the molecule is CC1(C(N)=O)CCC(O)([C@H](C[C@@H](O)[CH]Cc2ccccc2)C(N)=O)CC1. The molecule has 2 amide bonds. The van der Waals surface area contributed by atoms with Crippen LogP contribution in [-0.2, 0) is 16.0 Å². The summed E-state index contributed by atoms with van der Waals surface area (Å²) >= 11 is 0. The molecule has 2 atom stereocenters. The van der Waals surface area contributed by atoms with Crippen molar-refractivity contribution in [2.45, 2.75) is 57.2 Å². The third-order valence-electron chi connectivity index (χ3n) is 5.75. The highest BCUT2D eigenvalue weighted by atomic mass is 16.3. The molecule has 0 spiro atoms. The van der Waals surface area contributed by atoms with E-state index in [9.17, 15) is 19.8 Å². The van der Waals surface area contributed by atoms with Crippen LogP contribution in [0.3, 0.4) is 0 Å². The number of rotatable bonds is 8. The number of hydrogen-bond acceptors (Lipinski definition) is 4. The third-order valence-corrected chi connectivity index (χ3v) is 5.75. The third kappa shape index (κ3) is 4.83. The first-order valence-corrected chi connectivity index (χ1v) is 9.03. The Morgan fingerprint density at radius 1 is 1.15 bits per heavy atom. The number of aliphatic hydroxyl groups excluding tert-OH is 1. The standard InChI is InChI=1S/C20H29N2O4/c1-19(18(22)25)9-11-20(26,12-10-19)16(17(21)24)13-15(23)8-7-14-5-3-2-4-6-14/h2-6,8,15-16,23,26H,7,9-13H2,1H3,(H2,21,24)(H2,22,25)/t15-,16+,19?,20?/m0/s1. The van der Waals surface area contributed by atoms with Gasteiger partial charge in [-0.05, 0) is 50.5 Å². The largest absolute Gasteiger partial charge is 0.393 e. The molecule has 0 bridgehead atoms. The number of aliphatic hydroxyl groups is 2. The Morgan fingerprint density at radius 2 is 1.73 bits per heavy atom. The molecule has 143 valence electrons. The van der Waals surface area contributed by atoms with Gasteiger partial charge >= 0.3 is 0 Å². The average molecular weight is 361 g/mol. The zero-order valence-electron chi connectivity index (χ0n) is 15.2. The van der Waals surface area contributed by atoms with Gasteiger partial charge in [-0.25, -0.2) is 0 Å². The fourth-order valence-electron chi connectivity index (χ4n) is 3.65. The molecule has 1 aromatic carbocycles. The van der Waals surface area contributed by atoms with Crippen LogP contribution >= 0.6 is 0 Å². The number of carbonyl (C=O) groups excluding carboxylic acids is 2. The Bertz CT molecular complexity index is 624.